The fourth-order valence-electron chi connectivity index (χ4n) is 2.42. The number of carbonyl (C=O) groups excluding carboxylic acids is 3. The number of rotatable bonds is 0. The third-order valence-corrected chi connectivity index (χ3v) is 3.14. The van der Waals surface area contributed by atoms with Crippen LogP contribution in [0.25, 0.3) is 0 Å². The minimum Gasteiger partial charge on any atom is -0.329 e. The first-order valence-corrected chi connectivity index (χ1v) is 5.18. The summed E-state index contributed by atoms with van der Waals surface area (Å²) in [5.74, 6) is -0.660. The van der Waals surface area contributed by atoms with E-state index in [9.17, 15) is 14.4 Å². The number of hydrogen-bond donors (Lipinski definition) is 0. The number of imide groups is 1. The van der Waals surface area contributed by atoms with Crippen LogP contribution in [-0.4, -0.2) is 46.1 Å². The average Bonchev–Trinajstić information content (AvgIpc) is 2.62. The van der Waals surface area contributed by atoms with Crippen molar-refractivity contribution < 1.29 is 14.4 Å². The maximum atomic E-state index is 11.9. The zero-order valence-corrected chi connectivity index (χ0v) is 8.90. The lowest BCUT2D eigenvalue weighted by atomic mass is 10.1. The van der Waals surface area contributed by atoms with Crippen molar-refractivity contribution in [2.75, 3.05) is 6.54 Å². The van der Waals surface area contributed by atoms with Gasteiger partial charge in [-0.1, -0.05) is 0 Å². The number of amides is 3. The van der Waals surface area contributed by atoms with E-state index >= 15 is 0 Å². The molecule has 0 aromatic carbocycles. The van der Waals surface area contributed by atoms with Gasteiger partial charge in [0, 0.05) is 13.5 Å². The predicted molar refractivity (Wildman–Crippen MR) is 51.7 cm³/mol. The van der Waals surface area contributed by atoms with Gasteiger partial charge in [0.05, 0.1) is 0 Å². The van der Waals surface area contributed by atoms with E-state index in [1.54, 1.807) is 11.8 Å². The van der Waals surface area contributed by atoms with Gasteiger partial charge in [0.15, 0.2) is 0 Å². The summed E-state index contributed by atoms with van der Waals surface area (Å²) in [6, 6.07) is -1.03. The summed E-state index contributed by atoms with van der Waals surface area (Å²) in [7, 11) is 0. The second-order valence-electron chi connectivity index (χ2n) is 4.09. The van der Waals surface area contributed by atoms with Gasteiger partial charge in [-0.25, -0.2) is 0 Å². The molecular weight excluding hydrogens is 196 g/mol. The van der Waals surface area contributed by atoms with Gasteiger partial charge in [0.1, 0.15) is 12.1 Å². The van der Waals surface area contributed by atoms with E-state index in [0.29, 0.717) is 13.0 Å². The van der Waals surface area contributed by atoms with Crippen LogP contribution in [0.1, 0.15) is 26.7 Å². The van der Waals surface area contributed by atoms with Gasteiger partial charge in [0.25, 0.3) is 5.91 Å². The number of carbonyl (C=O) groups is 3. The van der Waals surface area contributed by atoms with Gasteiger partial charge in [-0.05, 0) is 19.8 Å². The molecule has 0 aromatic heterocycles. The first-order valence-electron chi connectivity index (χ1n) is 5.18. The summed E-state index contributed by atoms with van der Waals surface area (Å²) in [5.41, 5.74) is 0. The molecule has 0 radical (unpaired) electrons. The molecule has 82 valence electrons. The SMILES string of the molecule is CC(=O)N1C(=O)C2CCCN2C(=O)C1C. The van der Waals surface area contributed by atoms with Gasteiger partial charge in [-0.15, -0.1) is 0 Å². The molecule has 2 fully saturated rings. The maximum absolute atomic E-state index is 11.9. The molecule has 0 spiro atoms. The quantitative estimate of drug-likeness (QED) is 0.554. The van der Waals surface area contributed by atoms with E-state index in [0.717, 1.165) is 11.3 Å². The molecule has 0 aromatic rings. The Morgan fingerprint density at radius 1 is 1.33 bits per heavy atom. The second kappa shape index (κ2) is 3.32. The third kappa shape index (κ3) is 1.33. The smallest absolute Gasteiger partial charge is 0.252 e. The van der Waals surface area contributed by atoms with Crippen molar-refractivity contribution in [1.29, 1.82) is 0 Å². The minimum absolute atomic E-state index is 0.104. The van der Waals surface area contributed by atoms with Gasteiger partial charge < -0.3 is 4.90 Å². The minimum atomic E-state index is -0.635. The van der Waals surface area contributed by atoms with Crippen molar-refractivity contribution in [2.45, 2.75) is 38.8 Å². The van der Waals surface area contributed by atoms with E-state index < -0.39 is 12.1 Å². The van der Waals surface area contributed by atoms with E-state index in [1.165, 1.54) is 6.92 Å². The lowest BCUT2D eigenvalue weighted by Gasteiger charge is -2.39. The lowest BCUT2D eigenvalue weighted by molar-refractivity contribution is -0.164. The van der Waals surface area contributed by atoms with Crippen LogP contribution in [0, 0.1) is 0 Å². The number of nitrogens with zero attached hydrogens (tertiary/aromatic N) is 2. The third-order valence-electron chi connectivity index (χ3n) is 3.14. The number of fused-ring (bicyclic) bond motifs is 1. The Hall–Kier alpha value is -1.39. The normalized spacial score (nSPS) is 30.8. The Balaban J connectivity index is 2.33. The molecular formula is C10H14N2O3. The highest BCUT2D eigenvalue weighted by atomic mass is 16.2. The van der Waals surface area contributed by atoms with Crippen LogP contribution < -0.4 is 0 Å². The van der Waals surface area contributed by atoms with Crippen molar-refractivity contribution in [3.8, 4) is 0 Å². The molecule has 2 atom stereocenters. The monoisotopic (exact) mass is 210 g/mol. The van der Waals surface area contributed by atoms with Crippen LogP contribution in [0.4, 0.5) is 0 Å². The standard InChI is InChI=1S/C10H14N2O3/c1-6-9(14)11-5-3-4-8(11)10(15)12(6)7(2)13/h6,8H,3-5H2,1-2H3. The van der Waals surface area contributed by atoms with Crippen molar-refractivity contribution in [1.82, 2.24) is 9.80 Å². The molecule has 0 aliphatic carbocycles. The first-order chi connectivity index (χ1) is 7.04. The van der Waals surface area contributed by atoms with Gasteiger partial charge in [-0.3, -0.25) is 19.3 Å². The van der Waals surface area contributed by atoms with Gasteiger partial charge >= 0.3 is 0 Å². The van der Waals surface area contributed by atoms with Gasteiger partial charge in [0.2, 0.25) is 11.8 Å². The molecule has 15 heavy (non-hydrogen) atoms. The van der Waals surface area contributed by atoms with E-state index in [1.807, 2.05) is 0 Å². The molecule has 3 amide bonds. The molecule has 5 nitrogen and oxygen atoms in total. The molecule has 2 aliphatic rings. The summed E-state index contributed by atoms with van der Waals surface area (Å²) in [4.78, 5) is 37.7. The zero-order chi connectivity index (χ0) is 11.2. The lowest BCUT2D eigenvalue weighted by Crippen LogP contribution is -2.62. The summed E-state index contributed by atoms with van der Waals surface area (Å²) >= 11 is 0. The molecule has 0 N–H and O–H groups in total. The Labute approximate surface area is 88.0 Å². The van der Waals surface area contributed by atoms with E-state index in [4.69, 9.17) is 0 Å². The maximum Gasteiger partial charge on any atom is 0.252 e. The van der Waals surface area contributed by atoms with Gasteiger partial charge in [-0.2, -0.15) is 0 Å². The molecule has 2 heterocycles. The van der Waals surface area contributed by atoms with Crippen LogP contribution in [-0.2, 0) is 14.4 Å². The average molecular weight is 210 g/mol. The highest BCUT2D eigenvalue weighted by Gasteiger charge is 2.47. The zero-order valence-electron chi connectivity index (χ0n) is 8.90. The van der Waals surface area contributed by atoms with Crippen molar-refractivity contribution in [3.05, 3.63) is 0 Å². The fourth-order valence-corrected chi connectivity index (χ4v) is 2.42. The predicted octanol–water partition coefficient (Wildman–Crippen LogP) is -0.245. The largest absolute Gasteiger partial charge is 0.329 e. The molecule has 2 rings (SSSR count). The Morgan fingerprint density at radius 3 is 2.60 bits per heavy atom. The molecule has 2 aliphatic heterocycles. The van der Waals surface area contributed by atoms with E-state index in [-0.39, 0.29) is 17.7 Å². The van der Waals surface area contributed by atoms with E-state index in [2.05, 4.69) is 0 Å². The highest BCUT2D eigenvalue weighted by molar-refractivity contribution is 6.06. The summed E-state index contributed by atoms with van der Waals surface area (Å²) in [5, 5.41) is 0. The van der Waals surface area contributed by atoms with Crippen LogP contribution in [0.15, 0.2) is 0 Å². The van der Waals surface area contributed by atoms with Crippen LogP contribution in [0.2, 0.25) is 0 Å². The summed E-state index contributed by atoms with van der Waals surface area (Å²) < 4.78 is 0. The van der Waals surface area contributed by atoms with Crippen LogP contribution in [0.5, 0.6) is 0 Å². The number of hydrogen-bond acceptors (Lipinski definition) is 3. The summed E-state index contributed by atoms with van der Waals surface area (Å²) in [6.07, 6.45) is 1.53. The van der Waals surface area contributed by atoms with Crippen LogP contribution >= 0.6 is 0 Å². The molecule has 5 heteroatoms. The molecule has 0 saturated carbocycles. The molecule has 2 unspecified atom stereocenters. The Kier molecular flexibility index (Phi) is 2.25. The number of piperazine rings is 1. The Morgan fingerprint density at radius 2 is 2.00 bits per heavy atom. The van der Waals surface area contributed by atoms with Crippen molar-refractivity contribution in [2.24, 2.45) is 0 Å². The fraction of sp³-hybridized carbons (Fsp3) is 0.700. The van der Waals surface area contributed by atoms with Crippen molar-refractivity contribution in [3.63, 3.8) is 0 Å². The highest BCUT2D eigenvalue weighted by Crippen LogP contribution is 2.26. The first kappa shape index (κ1) is 10.1. The van der Waals surface area contributed by atoms with Crippen molar-refractivity contribution >= 4 is 17.7 Å². The topological polar surface area (TPSA) is 57.7 Å². The second-order valence-corrected chi connectivity index (χ2v) is 4.09. The summed E-state index contributed by atoms with van der Waals surface area (Å²) in [6.45, 7) is 3.58. The Bertz CT molecular complexity index is 340. The molecule has 0 bridgehead atoms. The van der Waals surface area contributed by atoms with Crippen LogP contribution in [0.3, 0.4) is 0 Å². The molecule has 2 saturated heterocycles.